The predicted octanol–water partition coefficient (Wildman–Crippen LogP) is 2.15. The maximum absolute atomic E-state index is 6.01. The first kappa shape index (κ1) is 12.9. The van der Waals surface area contributed by atoms with Crippen molar-refractivity contribution in [2.24, 2.45) is 11.1 Å². The van der Waals surface area contributed by atoms with Gasteiger partial charge in [-0.3, -0.25) is 4.90 Å². The summed E-state index contributed by atoms with van der Waals surface area (Å²) in [7, 11) is 0. The molecule has 0 bridgehead atoms. The topological polar surface area (TPSA) is 38.5 Å². The van der Waals surface area contributed by atoms with Crippen molar-refractivity contribution in [1.82, 2.24) is 4.90 Å². The number of hydrogen-bond acceptors (Lipinski definition) is 3. The number of likely N-dealkylation sites (tertiary alicyclic amines) is 1. The van der Waals surface area contributed by atoms with Crippen LogP contribution in [0.25, 0.3) is 0 Å². The highest BCUT2D eigenvalue weighted by Crippen LogP contribution is 2.46. The van der Waals surface area contributed by atoms with E-state index in [-0.39, 0.29) is 0 Å². The molecule has 18 heavy (non-hydrogen) atoms. The average Bonchev–Trinajstić information content (AvgIpc) is 3.05. The van der Waals surface area contributed by atoms with Crippen LogP contribution >= 0.6 is 0 Å². The summed E-state index contributed by atoms with van der Waals surface area (Å²) >= 11 is 0. The lowest BCUT2D eigenvalue weighted by molar-refractivity contribution is -0.00149. The van der Waals surface area contributed by atoms with Crippen LogP contribution in [-0.2, 0) is 4.74 Å². The van der Waals surface area contributed by atoms with Gasteiger partial charge >= 0.3 is 0 Å². The fourth-order valence-corrected chi connectivity index (χ4v) is 4.40. The Morgan fingerprint density at radius 2 is 1.83 bits per heavy atom. The number of rotatable bonds is 3. The minimum absolute atomic E-state index is 0.410. The molecule has 3 nitrogen and oxygen atoms in total. The summed E-state index contributed by atoms with van der Waals surface area (Å²) in [5, 5.41) is 0. The second-order valence-electron chi connectivity index (χ2n) is 6.60. The van der Waals surface area contributed by atoms with Crippen LogP contribution in [0.3, 0.4) is 0 Å². The van der Waals surface area contributed by atoms with Gasteiger partial charge in [-0.15, -0.1) is 0 Å². The van der Waals surface area contributed by atoms with Crippen molar-refractivity contribution in [3.8, 4) is 0 Å². The Morgan fingerprint density at radius 1 is 1.11 bits per heavy atom. The number of nitrogens with two attached hydrogens (primary N) is 1. The van der Waals surface area contributed by atoms with Gasteiger partial charge in [0, 0.05) is 19.2 Å². The molecule has 104 valence electrons. The molecule has 3 fully saturated rings. The molecule has 1 spiro atoms. The maximum Gasteiger partial charge on any atom is 0.0743 e. The van der Waals surface area contributed by atoms with Crippen molar-refractivity contribution in [3.63, 3.8) is 0 Å². The van der Waals surface area contributed by atoms with E-state index in [2.05, 4.69) is 4.90 Å². The zero-order valence-electron chi connectivity index (χ0n) is 11.6. The van der Waals surface area contributed by atoms with Gasteiger partial charge < -0.3 is 10.5 Å². The third kappa shape index (κ3) is 2.45. The van der Waals surface area contributed by atoms with E-state index < -0.39 is 0 Å². The van der Waals surface area contributed by atoms with Gasteiger partial charge in [0.15, 0.2) is 0 Å². The predicted molar refractivity (Wildman–Crippen MR) is 73.5 cm³/mol. The Labute approximate surface area is 111 Å². The van der Waals surface area contributed by atoms with Gasteiger partial charge in [-0.2, -0.15) is 0 Å². The van der Waals surface area contributed by atoms with Crippen LogP contribution in [0.5, 0.6) is 0 Å². The summed E-state index contributed by atoms with van der Waals surface area (Å²) < 4.78 is 5.85. The Kier molecular flexibility index (Phi) is 3.92. The Bertz CT molecular complexity index is 260. The Morgan fingerprint density at radius 3 is 2.39 bits per heavy atom. The van der Waals surface area contributed by atoms with Crippen LogP contribution in [0.15, 0.2) is 0 Å². The average molecular weight is 252 g/mol. The van der Waals surface area contributed by atoms with Crippen LogP contribution in [0.4, 0.5) is 0 Å². The van der Waals surface area contributed by atoms with E-state index in [0.29, 0.717) is 17.6 Å². The monoisotopic (exact) mass is 252 g/mol. The van der Waals surface area contributed by atoms with Crippen LogP contribution in [0.2, 0.25) is 0 Å². The lowest BCUT2D eigenvalue weighted by atomic mass is 9.76. The molecule has 3 aliphatic rings. The third-order valence-corrected chi connectivity index (χ3v) is 5.63. The van der Waals surface area contributed by atoms with Gasteiger partial charge in [0.2, 0.25) is 0 Å². The lowest BCUT2D eigenvalue weighted by Crippen LogP contribution is -2.52. The number of nitrogens with zero attached hydrogens (tertiary/aromatic N) is 1. The molecular formula is C15H28N2O. The first-order valence-electron chi connectivity index (χ1n) is 7.89. The quantitative estimate of drug-likeness (QED) is 0.836. The standard InChI is InChI=1S/C15H28N2O/c16-12-13(14-4-3-11-18-14)17-9-7-15(8-10-17)5-1-2-6-15/h13-14H,1-12,16H2. The van der Waals surface area contributed by atoms with Gasteiger partial charge in [0.05, 0.1) is 6.10 Å². The molecule has 0 aromatic rings. The molecule has 0 aromatic carbocycles. The molecule has 0 amide bonds. The summed E-state index contributed by atoms with van der Waals surface area (Å²) in [6.45, 7) is 4.21. The van der Waals surface area contributed by atoms with Gasteiger partial charge in [-0.1, -0.05) is 12.8 Å². The van der Waals surface area contributed by atoms with E-state index in [1.807, 2.05) is 0 Å². The lowest BCUT2D eigenvalue weighted by Gasteiger charge is -2.43. The molecule has 2 atom stereocenters. The SMILES string of the molecule is NCC(C1CCCO1)N1CCC2(CCCC2)CC1. The van der Waals surface area contributed by atoms with Crippen molar-refractivity contribution in [2.75, 3.05) is 26.2 Å². The van der Waals surface area contributed by atoms with Crippen molar-refractivity contribution < 1.29 is 4.74 Å². The Hall–Kier alpha value is -0.120. The number of piperidine rings is 1. The van der Waals surface area contributed by atoms with E-state index in [0.717, 1.165) is 13.2 Å². The summed E-state index contributed by atoms with van der Waals surface area (Å²) in [6, 6.07) is 0.478. The zero-order valence-corrected chi connectivity index (χ0v) is 11.6. The highest BCUT2D eigenvalue weighted by atomic mass is 16.5. The third-order valence-electron chi connectivity index (χ3n) is 5.63. The van der Waals surface area contributed by atoms with Crippen LogP contribution < -0.4 is 5.73 Å². The number of ether oxygens (including phenoxy) is 1. The van der Waals surface area contributed by atoms with Crippen molar-refractivity contribution >= 4 is 0 Å². The molecule has 2 N–H and O–H groups in total. The van der Waals surface area contributed by atoms with Gasteiger partial charge in [-0.05, 0) is 57.0 Å². The second-order valence-corrected chi connectivity index (χ2v) is 6.60. The fraction of sp³-hybridized carbons (Fsp3) is 1.00. The zero-order chi connectivity index (χ0) is 12.4. The van der Waals surface area contributed by atoms with Gasteiger partial charge in [0.1, 0.15) is 0 Å². The molecule has 2 heterocycles. The second kappa shape index (κ2) is 5.48. The molecule has 2 aliphatic heterocycles. The molecule has 2 unspecified atom stereocenters. The normalized spacial score (nSPS) is 34.2. The summed E-state index contributed by atoms with van der Waals surface area (Å²) in [6.07, 6.45) is 11.5. The highest BCUT2D eigenvalue weighted by molar-refractivity contribution is 4.93. The fourth-order valence-electron chi connectivity index (χ4n) is 4.40. The molecule has 1 saturated carbocycles. The van der Waals surface area contributed by atoms with Crippen LogP contribution in [0, 0.1) is 5.41 Å². The van der Waals surface area contributed by atoms with Crippen molar-refractivity contribution in [3.05, 3.63) is 0 Å². The van der Waals surface area contributed by atoms with E-state index >= 15 is 0 Å². The number of hydrogen-bond donors (Lipinski definition) is 1. The molecule has 2 saturated heterocycles. The van der Waals surface area contributed by atoms with Crippen LogP contribution in [-0.4, -0.2) is 43.3 Å². The molecule has 0 aromatic heterocycles. The molecule has 0 radical (unpaired) electrons. The molecule has 3 rings (SSSR count). The summed E-state index contributed by atoms with van der Waals surface area (Å²) in [5.41, 5.74) is 6.72. The largest absolute Gasteiger partial charge is 0.377 e. The molecular weight excluding hydrogens is 224 g/mol. The van der Waals surface area contributed by atoms with Crippen LogP contribution in [0.1, 0.15) is 51.4 Å². The first-order chi connectivity index (χ1) is 8.83. The summed E-state index contributed by atoms with van der Waals surface area (Å²) in [4.78, 5) is 2.62. The maximum atomic E-state index is 6.01. The van der Waals surface area contributed by atoms with E-state index in [1.54, 1.807) is 0 Å². The first-order valence-corrected chi connectivity index (χ1v) is 7.89. The molecule has 3 heteroatoms. The van der Waals surface area contributed by atoms with Gasteiger partial charge in [0.25, 0.3) is 0 Å². The summed E-state index contributed by atoms with van der Waals surface area (Å²) in [5.74, 6) is 0. The van der Waals surface area contributed by atoms with Crippen molar-refractivity contribution in [1.29, 1.82) is 0 Å². The van der Waals surface area contributed by atoms with E-state index in [4.69, 9.17) is 10.5 Å². The van der Waals surface area contributed by atoms with Crippen molar-refractivity contribution in [2.45, 2.75) is 63.5 Å². The minimum atomic E-state index is 0.410. The Balaban J connectivity index is 1.57. The minimum Gasteiger partial charge on any atom is -0.377 e. The molecule has 1 aliphatic carbocycles. The van der Waals surface area contributed by atoms with E-state index in [1.165, 1.54) is 64.5 Å². The smallest absolute Gasteiger partial charge is 0.0743 e. The van der Waals surface area contributed by atoms with Gasteiger partial charge in [-0.25, -0.2) is 0 Å². The van der Waals surface area contributed by atoms with E-state index in [9.17, 15) is 0 Å². The highest BCUT2D eigenvalue weighted by Gasteiger charge is 2.40.